The molecule has 1 aromatic carbocycles. The van der Waals surface area contributed by atoms with Crippen molar-refractivity contribution in [2.45, 2.75) is 19.8 Å². The molecule has 0 spiro atoms. The first kappa shape index (κ1) is 12.8. The third-order valence-corrected chi connectivity index (χ3v) is 2.54. The molecule has 0 saturated heterocycles. The zero-order valence-electron chi connectivity index (χ0n) is 9.42. The van der Waals surface area contributed by atoms with Gasteiger partial charge in [-0.05, 0) is 25.0 Å². The summed E-state index contributed by atoms with van der Waals surface area (Å²) in [7, 11) is 0. The lowest BCUT2D eigenvalue weighted by Gasteiger charge is -2.05. The molecule has 16 heavy (non-hydrogen) atoms. The fourth-order valence-electron chi connectivity index (χ4n) is 1.29. The van der Waals surface area contributed by atoms with Gasteiger partial charge in [0, 0.05) is 18.0 Å². The minimum Gasteiger partial charge on any atom is -0.352 e. The van der Waals surface area contributed by atoms with Gasteiger partial charge in [-0.25, -0.2) is 0 Å². The van der Waals surface area contributed by atoms with Crippen molar-refractivity contribution in [3.8, 4) is 0 Å². The molecule has 3 heteroatoms. The quantitative estimate of drug-likeness (QED) is 0.784. The third kappa shape index (κ3) is 4.49. The van der Waals surface area contributed by atoms with Crippen LogP contribution in [0.3, 0.4) is 0 Å². The van der Waals surface area contributed by atoms with E-state index in [1.54, 1.807) is 0 Å². The maximum Gasteiger partial charge on any atom is 0.220 e. The number of rotatable bonds is 5. The lowest BCUT2D eigenvalue weighted by atomic mass is 10.1. The standard InChI is InChI=1S/C13H16ClNO/c1-10(2)9-15-13(16)8-7-11-5-3-4-6-12(11)14/h3-6H,1,7-9H2,2H3,(H,15,16). The molecule has 2 nitrogen and oxygen atoms in total. The average molecular weight is 238 g/mol. The fraction of sp³-hybridized carbons (Fsp3) is 0.308. The van der Waals surface area contributed by atoms with Crippen molar-refractivity contribution < 1.29 is 4.79 Å². The largest absolute Gasteiger partial charge is 0.352 e. The zero-order valence-corrected chi connectivity index (χ0v) is 10.2. The lowest BCUT2D eigenvalue weighted by molar-refractivity contribution is -0.120. The Morgan fingerprint density at radius 3 is 2.75 bits per heavy atom. The Bertz CT molecular complexity index is 387. The van der Waals surface area contributed by atoms with E-state index in [4.69, 9.17) is 11.6 Å². The van der Waals surface area contributed by atoms with Crippen LogP contribution in [0.15, 0.2) is 36.4 Å². The number of hydrogen-bond acceptors (Lipinski definition) is 1. The van der Waals surface area contributed by atoms with Gasteiger partial charge in [0.25, 0.3) is 0 Å². The zero-order chi connectivity index (χ0) is 12.0. The van der Waals surface area contributed by atoms with Crippen LogP contribution in [0.5, 0.6) is 0 Å². The van der Waals surface area contributed by atoms with Gasteiger partial charge in [0.05, 0.1) is 0 Å². The molecule has 0 aliphatic heterocycles. The Morgan fingerprint density at radius 2 is 2.12 bits per heavy atom. The molecule has 86 valence electrons. The van der Waals surface area contributed by atoms with Crippen molar-refractivity contribution in [3.05, 3.63) is 47.0 Å². The van der Waals surface area contributed by atoms with Gasteiger partial charge >= 0.3 is 0 Å². The molecule has 0 saturated carbocycles. The topological polar surface area (TPSA) is 29.1 Å². The molecule has 0 heterocycles. The van der Waals surface area contributed by atoms with Crippen LogP contribution in [0.25, 0.3) is 0 Å². The van der Waals surface area contributed by atoms with Crippen molar-refractivity contribution in [2.24, 2.45) is 0 Å². The summed E-state index contributed by atoms with van der Waals surface area (Å²) < 4.78 is 0. The number of benzene rings is 1. The maximum absolute atomic E-state index is 11.4. The summed E-state index contributed by atoms with van der Waals surface area (Å²) in [6.07, 6.45) is 1.12. The highest BCUT2D eigenvalue weighted by atomic mass is 35.5. The molecule has 0 aliphatic rings. The molecular formula is C13H16ClNO. The highest BCUT2D eigenvalue weighted by Crippen LogP contribution is 2.16. The van der Waals surface area contributed by atoms with Gasteiger partial charge < -0.3 is 5.32 Å². The number of hydrogen-bond donors (Lipinski definition) is 1. The highest BCUT2D eigenvalue weighted by molar-refractivity contribution is 6.31. The first-order valence-corrected chi connectivity index (χ1v) is 5.62. The van der Waals surface area contributed by atoms with E-state index in [1.807, 2.05) is 31.2 Å². The van der Waals surface area contributed by atoms with E-state index in [2.05, 4.69) is 11.9 Å². The van der Waals surface area contributed by atoms with Crippen LogP contribution in [0.2, 0.25) is 5.02 Å². The van der Waals surface area contributed by atoms with Gasteiger partial charge in [-0.2, -0.15) is 0 Å². The summed E-state index contributed by atoms with van der Waals surface area (Å²) in [5.41, 5.74) is 1.96. The van der Waals surface area contributed by atoms with E-state index in [9.17, 15) is 4.79 Å². The Morgan fingerprint density at radius 1 is 1.44 bits per heavy atom. The summed E-state index contributed by atoms with van der Waals surface area (Å²) in [6, 6.07) is 7.58. The van der Waals surface area contributed by atoms with Gasteiger partial charge in [-0.1, -0.05) is 42.0 Å². The smallest absolute Gasteiger partial charge is 0.220 e. The summed E-state index contributed by atoms with van der Waals surface area (Å²) >= 11 is 5.99. The number of aryl methyl sites for hydroxylation is 1. The van der Waals surface area contributed by atoms with E-state index in [0.717, 1.165) is 16.2 Å². The molecular weight excluding hydrogens is 222 g/mol. The molecule has 1 N–H and O–H groups in total. The van der Waals surface area contributed by atoms with Gasteiger partial charge in [0.15, 0.2) is 0 Å². The van der Waals surface area contributed by atoms with Crippen LogP contribution >= 0.6 is 11.6 Å². The molecule has 0 fully saturated rings. The number of nitrogens with one attached hydrogen (secondary N) is 1. The number of halogens is 1. The van der Waals surface area contributed by atoms with Crippen molar-refractivity contribution >= 4 is 17.5 Å². The van der Waals surface area contributed by atoms with Crippen LogP contribution in [0.1, 0.15) is 18.9 Å². The lowest BCUT2D eigenvalue weighted by Crippen LogP contribution is -2.25. The maximum atomic E-state index is 11.4. The van der Waals surface area contributed by atoms with E-state index in [1.165, 1.54) is 0 Å². The van der Waals surface area contributed by atoms with Crippen LogP contribution < -0.4 is 5.32 Å². The Kier molecular flexibility index (Phi) is 5.06. The minimum absolute atomic E-state index is 0.0305. The number of carbonyl (C=O) groups excluding carboxylic acids is 1. The second-order valence-corrected chi connectivity index (χ2v) is 4.23. The van der Waals surface area contributed by atoms with E-state index in [0.29, 0.717) is 19.4 Å². The Labute approximate surface area is 101 Å². The molecule has 1 aromatic rings. The summed E-state index contributed by atoms with van der Waals surface area (Å²) in [5, 5.41) is 3.51. The molecule has 1 rings (SSSR count). The van der Waals surface area contributed by atoms with E-state index in [-0.39, 0.29) is 5.91 Å². The molecule has 0 unspecified atom stereocenters. The Balaban J connectivity index is 2.37. The monoisotopic (exact) mass is 237 g/mol. The number of carbonyl (C=O) groups is 1. The molecule has 0 atom stereocenters. The summed E-state index contributed by atoms with van der Waals surface area (Å²) in [4.78, 5) is 11.4. The van der Waals surface area contributed by atoms with Gasteiger partial charge in [-0.3, -0.25) is 4.79 Å². The van der Waals surface area contributed by atoms with Crippen LogP contribution in [-0.4, -0.2) is 12.5 Å². The van der Waals surface area contributed by atoms with E-state index < -0.39 is 0 Å². The second-order valence-electron chi connectivity index (χ2n) is 3.83. The van der Waals surface area contributed by atoms with Crippen molar-refractivity contribution in [2.75, 3.05) is 6.54 Å². The van der Waals surface area contributed by atoms with Gasteiger partial charge in [0.1, 0.15) is 0 Å². The minimum atomic E-state index is 0.0305. The van der Waals surface area contributed by atoms with Crippen molar-refractivity contribution in [1.82, 2.24) is 5.32 Å². The normalized spacial score (nSPS) is 9.88. The third-order valence-electron chi connectivity index (χ3n) is 2.17. The van der Waals surface area contributed by atoms with Crippen molar-refractivity contribution in [3.63, 3.8) is 0 Å². The molecule has 0 bridgehead atoms. The van der Waals surface area contributed by atoms with Crippen LogP contribution in [-0.2, 0) is 11.2 Å². The van der Waals surface area contributed by atoms with Gasteiger partial charge in [0.2, 0.25) is 5.91 Å². The number of amides is 1. The van der Waals surface area contributed by atoms with Crippen LogP contribution in [0, 0.1) is 0 Å². The fourth-order valence-corrected chi connectivity index (χ4v) is 1.52. The predicted molar refractivity (Wildman–Crippen MR) is 67.6 cm³/mol. The Hall–Kier alpha value is -1.28. The molecule has 0 aromatic heterocycles. The predicted octanol–water partition coefficient (Wildman–Crippen LogP) is 2.96. The van der Waals surface area contributed by atoms with Crippen molar-refractivity contribution in [1.29, 1.82) is 0 Å². The molecule has 0 radical (unpaired) electrons. The second kappa shape index (κ2) is 6.33. The average Bonchev–Trinajstić information content (AvgIpc) is 2.25. The summed E-state index contributed by atoms with van der Waals surface area (Å²) in [6.45, 7) is 6.15. The first-order valence-electron chi connectivity index (χ1n) is 5.24. The SMILES string of the molecule is C=C(C)CNC(=O)CCc1ccccc1Cl. The molecule has 1 amide bonds. The van der Waals surface area contributed by atoms with Crippen LogP contribution in [0.4, 0.5) is 0 Å². The highest BCUT2D eigenvalue weighted by Gasteiger charge is 2.04. The van der Waals surface area contributed by atoms with Gasteiger partial charge in [-0.15, -0.1) is 0 Å². The van der Waals surface area contributed by atoms with E-state index >= 15 is 0 Å². The molecule has 0 aliphatic carbocycles. The first-order chi connectivity index (χ1) is 7.59. The summed E-state index contributed by atoms with van der Waals surface area (Å²) in [5.74, 6) is 0.0305.